The summed E-state index contributed by atoms with van der Waals surface area (Å²) in [4.78, 5) is 12.8. The van der Waals surface area contributed by atoms with Crippen LogP contribution in [-0.2, 0) is 19.0 Å². The molecule has 4 heteroatoms. The summed E-state index contributed by atoms with van der Waals surface area (Å²) >= 11 is 0. The van der Waals surface area contributed by atoms with E-state index < -0.39 is 6.10 Å². The highest BCUT2D eigenvalue weighted by Gasteiger charge is 2.21. The smallest absolute Gasteiger partial charge is 0.337 e. The molecule has 1 atom stereocenters. The Bertz CT molecular complexity index is 509. The summed E-state index contributed by atoms with van der Waals surface area (Å²) in [6.07, 6.45) is 36.9. The number of carbonyl (C=O) groups excluding carboxylic acids is 1. The predicted molar refractivity (Wildman–Crippen MR) is 182 cm³/mol. The van der Waals surface area contributed by atoms with E-state index in [-0.39, 0.29) is 5.97 Å². The number of unbranched alkanes of at least 4 members (excludes halogenated alkanes) is 26. The van der Waals surface area contributed by atoms with Crippen molar-refractivity contribution in [3.63, 3.8) is 0 Å². The standard InChI is InChI=1S/C38H76O4/c1-4-7-10-13-16-19-22-24-27-30-33-40-36-37(41-34-31-28-25-23-20-17-14-11-8-5-2)38(39)42-35-32-29-26-21-18-15-12-9-6-3/h37H,4-36H2,1-3H3. The van der Waals surface area contributed by atoms with Gasteiger partial charge in [-0.3, -0.25) is 0 Å². The van der Waals surface area contributed by atoms with E-state index in [0.29, 0.717) is 26.4 Å². The Morgan fingerprint density at radius 2 is 0.714 bits per heavy atom. The summed E-state index contributed by atoms with van der Waals surface area (Å²) in [6.45, 7) is 8.97. The molecule has 0 aromatic heterocycles. The van der Waals surface area contributed by atoms with Gasteiger partial charge in [-0.2, -0.15) is 0 Å². The maximum absolute atomic E-state index is 12.8. The molecule has 0 saturated carbocycles. The van der Waals surface area contributed by atoms with Gasteiger partial charge >= 0.3 is 5.97 Å². The summed E-state index contributed by atoms with van der Waals surface area (Å²) in [6, 6.07) is 0. The summed E-state index contributed by atoms with van der Waals surface area (Å²) in [5, 5.41) is 0. The average Bonchev–Trinajstić information content (AvgIpc) is 3.00. The zero-order valence-corrected chi connectivity index (χ0v) is 29.0. The molecule has 0 aliphatic rings. The molecule has 1 unspecified atom stereocenters. The first-order valence-electron chi connectivity index (χ1n) is 19.1. The van der Waals surface area contributed by atoms with Crippen molar-refractivity contribution in [2.24, 2.45) is 0 Å². The van der Waals surface area contributed by atoms with Crippen LogP contribution in [0.15, 0.2) is 0 Å². The third-order valence-corrected chi connectivity index (χ3v) is 8.48. The number of esters is 1. The molecule has 0 saturated heterocycles. The van der Waals surface area contributed by atoms with Crippen LogP contribution in [0.5, 0.6) is 0 Å². The fraction of sp³-hybridized carbons (Fsp3) is 0.974. The van der Waals surface area contributed by atoms with E-state index in [0.717, 1.165) is 25.7 Å². The number of hydrogen-bond donors (Lipinski definition) is 0. The Morgan fingerprint density at radius 1 is 0.405 bits per heavy atom. The van der Waals surface area contributed by atoms with Crippen molar-refractivity contribution in [1.29, 1.82) is 0 Å². The third-order valence-electron chi connectivity index (χ3n) is 8.48. The zero-order chi connectivity index (χ0) is 30.6. The van der Waals surface area contributed by atoms with E-state index in [9.17, 15) is 4.79 Å². The summed E-state index contributed by atoms with van der Waals surface area (Å²) in [5.74, 6) is -0.232. The topological polar surface area (TPSA) is 44.8 Å². The molecule has 0 fully saturated rings. The lowest BCUT2D eigenvalue weighted by Crippen LogP contribution is -2.32. The lowest BCUT2D eigenvalue weighted by atomic mass is 10.1. The zero-order valence-electron chi connectivity index (χ0n) is 29.0. The van der Waals surface area contributed by atoms with Gasteiger partial charge in [0, 0.05) is 13.2 Å². The van der Waals surface area contributed by atoms with E-state index in [1.165, 1.54) is 161 Å². The molecule has 252 valence electrons. The first-order valence-corrected chi connectivity index (χ1v) is 19.1. The van der Waals surface area contributed by atoms with Crippen LogP contribution < -0.4 is 0 Å². The van der Waals surface area contributed by atoms with E-state index >= 15 is 0 Å². The van der Waals surface area contributed by atoms with Gasteiger partial charge in [0.1, 0.15) is 0 Å². The van der Waals surface area contributed by atoms with E-state index in [2.05, 4.69) is 20.8 Å². The fourth-order valence-corrected chi connectivity index (χ4v) is 5.56. The minimum absolute atomic E-state index is 0.232. The molecule has 0 radical (unpaired) electrons. The molecule has 0 N–H and O–H groups in total. The number of hydrogen-bond acceptors (Lipinski definition) is 4. The number of ether oxygens (including phenoxy) is 3. The molecular formula is C38H76O4. The van der Waals surface area contributed by atoms with Crippen LogP contribution in [0.4, 0.5) is 0 Å². The van der Waals surface area contributed by atoms with Crippen molar-refractivity contribution in [2.45, 2.75) is 213 Å². The van der Waals surface area contributed by atoms with Crippen molar-refractivity contribution in [3.05, 3.63) is 0 Å². The lowest BCUT2D eigenvalue weighted by Gasteiger charge is -2.17. The van der Waals surface area contributed by atoms with Gasteiger partial charge in [0.25, 0.3) is 0 Å². The molecule has 0 aromatic carbocycles. The van der Waals surface area contributed by atoms with Gasteiger partial charge in [0.05, 0.1) is 13.2 Å². The molecule has 0 bridgehead atoms. The second kappa shape index (κ2) is 36.6. The summed E-state index contributed by atoms with van der Waals surface area (Å²) in [7, 11) is 0. The Kier molecular flexibility index (Phi) is 36.0. The number of carbonyl (C=O) groups is 1. The molecule has 0 amide bonds. The second-order valence-corrected chi connectivity index (χ2v) is 12.8. The van der Waals surface area contributed by atoms with E-state index in [1.54, 1.807) is 0 Å². The maximum Gasteiger partial charge on any atom is 0.337 e. The highest BCUT2D eigenvalue weighted by atomic mass is 16.6. The van der Waals surface area contributed by atoms with Gasteiger partial charge in [-0.1, -0.05) is 188 Å². The van der Waals surface area contributed by atoms with Gasteiger partial charge in [0.15, 0.2) is 6.10 Å². The van der Waals surface area contributed by atoms with Gasteiger partial charge in [-0.15, -0.1) is 0 Å². The largest absolute Gasteiger partial charge is 0.464 e. The van der Waals surface area contributed by atoms with Crippen molar-refractivity contribution < 1.29 is 19.0 Å². The Labute approximate surface area is 264 Å². The molecule has 0 aliphatic carbocycles. The minimum Gasteiger partial charge on any atom is -0.464 e. The highest BCUT2D eigenvalue weighted by Crippen LogP contribution is 2.13. The van der Waals surface area contributed by atoms with Crippen molar-refractivity contribution in [2.75, 3.05) is 26.4 Å². The third kappa shape index (κ3) is 32.3. The first kappa shape index (κ1) is 41.4. The predicted octanol–water partition coefficient (Wildman–Crippen LogP) is 12.3. The van der Waals surface area contributed by atoms with Crippen molar-refractivity contribution in [1.82, 2.24) is 0 Å². The second-order valence-electron chi connectivity index (χ2n) is 12.8. The number of rotatable bonds is 36. The summed E-state index contributed by atoms with van der Waals surface area (Å²) < 4.78 is 17.6. The average molecular weight is 597 g/mol. The Hall–Kier alpha value is -0.610. The first-order chi connectivity index (χ1) is 20.8. The minimum atomic E-state index is -0.578. The molecule has 4 nitrogen and oxygen atoms in total. The molecule has 0 rings (SSSR count). The highest BCUT2D eigenvalue weighted by molar-refractivity contribution is 5.74. The van der Waals surface area contributed by atoms with E-state index in [1.807, 2.05) is 0 Å². The van der Waals surface area contributed by atoms with Crippen LogP contribution in [0.2, 0.25) is 0 Å². The van der Waals surface area contributed by atoms with Crippen molar-refractivity contribution in [3.8, 4) is 0 Å². The van der Waals surface area contributed by atoms with Crippen LogP contribution in [-0.4, -0.2) is 38.5 Å². The van der Waals surface area contributed by atoms with Crippen LogP contribution in [0, 0.1) is 0 Å². The SMILES string of the molecule is CCCCCCCCCCCCOCC(OCCCCCCCCCCCC)C(=O)OCCCCCCCCCCC. The van der Waals surface area contributed by atoms with E-state index in [4.69, 9.17) is 14.2 Å². The van der Waals surface area contributed by atoms with Gasteiger partial charge in [0.2, 0.25) is 0 Å². The normalized spacial score (nSPS) is 12.2. The maximum atomic E-state index is 12.8. The fourth-order valence-electron chi connectivity index (χ4n) is 5.56. The van der Waals surface area contributed by atoms with Gasteiger partial charge < -0.3 is 14.2 Å². The van der Waals surface area contributed by atoms with Crippen molar-refractivity contribution >= 4 is 5.97 Å². The van der Waals surface area contributed by atoms with Crippen LogP contribution >= 0.6 is 0 Å². The van der Waals surface area contributed by atoms with Crippen LogP contribution in [0.3, 0.4) is 0 Å². The quantitative estimate of drug-likeness (QED) is 0.0533. The molecular weight excluding hydrogens is 520 g/mol. The molecule has 0 aliphatic heterocycles. The molecule has 0 aromatic rings. The monoisotopic (exact) mass is 597 g/mol. The van der Waals surface area contributed by atoms with Crippen LogP contribution in [0.25, 0.3) is 0 Å². The van der Waals surface area contributed by atoms with Crippen LogP contribution in [0.1, 0.15) is 207 Å². The van der Waals surface area contributed by atoms with Gasteiger partial charge in [-0.25, -0.2) is 4.79 Å². The molecule has 0 spiro atoms. The molecule has 42 heavy (non-hydrogen) atoms. The lowest BCUT2D eigenvalue weighted by molar-refractivity contribution is -0.161. The Morgan fingerprint density at radius 3 is 1.10 bits per heavy atom. The Balaban J connectivity index is 4.06. The van der Waals surface area contributed by atoms with Gasteiger partial charge in [-0.05, 0) is 19.3 Å². The molecule has 0 heterocycles. The summed E-state index contributed by atoms with van der Waals surface area (Å²) in [5.41, 5.74) is 0.